The summed E-state index contributed by atoms with van der Waals surface area (Å²) in [4.78, 5) is 10.3. The molecule has 0 fully saturated rings. The third-order valence-electron chi connectivity index (χ3n) is 5.92. The fourth-order valence-electron chi connectivity index (χ4n) is 4.11. The van der Waals surface area contributed by atoms with Crippen LogP contribution in [0, 0.1) is 11.3 Å². The Morgan fingerprint density at radius 2 is 1.56 bits per heavy atom. The highest BCUT2D eigenvalue weighted by Crippen LogP contribution is 2.45. The number of thiophene rings is 1. The van der Waals surface area contributed by atoms with Crippen molar-refractivity contribution in [3.8, 4) is 0 Å². The molecule has 0 radical (unpaired) electrons. The number of hydrogen-bond donors (Lipinski definition) is 1. The van der Waals surface area contributed by atoms with Gasteiger partial charge in [0, 0.05) is 10.6 Å². The minimum atomic E-state index is -4.91. The highest BCUT2D eigenvalue weighted by Gasteiger charge is 2.37. The van der Waals surface area contributed by atoms with Gasteiger partial charge in [-0.2, -0.15) is 26.3 Å². The molecule has 4 rings (SSSR count). The first-order valence-electron chi connectivity index (χ1n) is 10.1. The quantitative estimate of drug-likeness (QED) is 0.389. The lowest BCUT2D eigenvalue weighted by molar-refractivity contribution is -0.143. The molecule has 3 nitrogen and oxygen atoms in total. The molecule has 1 atom stereocenters. The molecule has 1 aliphatic carbocycles. The molecule has 2 aromatic heterocycles. The van der Waals surface area contributed by atoms with E-state index in [1.807, 2.05) is 0 Å². The molecule has 1 aromatic carbocycles. The number of nitrogens with zero attached hydrogens (tertiary/aromatic N) is 2. The molecule has 1 aliphatic rings. The Hall–Kier alpha value is -2.36. The lowest BCUT2D eigenvalue weighted by Crippen LogP contribution is -2.26. The van der Waals surface area contributed by atoms with Crippen molar-refractivity contribution in [2.24, 2.45) is 11.3 Å². The number of rotatable bonds is 2. The van der Waals surface area contributed by atoms with Gasteiger partial charge in [-0.05, 0) is 54.4 Å². The molecular formula is C22H21F6N3S. The molecule has 0 spiro atoms. The summed E-state index contributed by atoms with van der Waals surface area (Å²) in [5, 5.41) is 3.38. The number of anilines is 2. The highest BCUT2D eigenvalue weighted by molar-refractivity contribution is 7.19. The Kier molecular flexibility index (Phi) is 5.42. The molecule has 0 bridgehead atoms. The van der Waals surface area contributed by atoms with Gasteiger partial charge in [-0.15, -0.1) is 11.3 Å². The molecule has 32 heavy (non-hydrogen) atoms. The van der Waals surface area contributed by atoms with Crippen molar-refractivity contribution >= 4 is 33.1 Å². The van der Waals surface area contributed by atoms with E-state index in [9.17, 15) is 26.3 Å². The predicted molar refractivity (Wildman–Crippen MR) is 112 cm³/mol. The second kappa shape index (κ2) is 7.60. The van der Waals surface area contributed by atoms with Gasteiger partial charge in [-0.1, -0.05) is 20.8 Å². The molecule has 10 heteroatoms. The SMILES string of the molecule is CC(C)(C)C1CCc2c(sc3ncnc(Nc4cc(C(F)(F)F)cc(C(F)(F)F)c4)c23)C1. The lowest BCUT2D eigenvalue weighted by Gasteiger charge is -2.33. The van der Waals surface area contributed by atoms with Crippen LogP contribution in [0.15, 0.2) is 24.5 Å². The van der Waals surface area contributed by atoms with Crippen molar-refractivity contribution in [2.75, 3.05) is 5.32 Å². The Balaban J connectivity index is 1.77. The zero-order valence-corrected chi connectivity index (χ0v) is 18.4. The van der Waals surface area contributed by atoms with Crippen molar-refractivity contribution in [2.45, 2.75) is 52.4 Å². The molecule has 3 aromatic rings. The van der Waals surface area contributed by atoms with E-state index in [0.29, 0.717) is 28.3 Å². The lowest BCUT2D eigenvalue weighted by atomic mass is 9.72. The molecule has 2 heterocycles. The number of hydrogen-bond acceptors (Lipinski definition) is 4. The van der Waals surface area contributed by atoms with Gasteiger partial charge in [-0.25, -0.2) is 9.97 Å². The van der Waals surface area contributed by atoms with Crippen molar-refractivity contribution < 1.29 is 26.3 Å². The topological polar surface area (TPSA) is 37.8 Å². The van der Waals surface area contributed by atoms with Gasteiger partial charge < -0.3 is 5.32 Å². The summed E-state index contributed by atoms with van der Waals surface area (Å²) in [5.74, 6) is 0.694. The van der Waals surface area contributed by atoms with Crippen molar-refractivity contribution in [3.05, 3.63) is 46.1 Å². The molecule has 1 unspecified atom stereocenters. The summed E-state index contributed by atoms with van der Waals surface area (Å²) in [7, 11) is 0. The normalized spacial score (nSPS) is 17.5. The van der Waals surface area contributed by atoms with E-state index < -0.39 is 23.5 Å². The summed E-state index contributed by atoms with van der Waals surface area (Å²) < 4.78 is 79.3. The van der Waals surface area contributed by atoms with Crippen LogP contribution >= 0.6 is 11.3 Å². The Bertz CT molecular complexity index is 1130. The first-order chi connectivity index (χ1) is 14.7. The average Bonchev–Trinajstić information content (AvgIpc) is 3.04. The van der Waals surface area contributed by atoms with Crippen LogP contribution in [0.5, 0.6) is 0 Å². The number of fused-ring (bicyclic) bond motifs is 3. The maximum Gasteiger partial charge on any atom is 0.416 e. The molecule has 0 aliphatic heterocycles. The van der Waals surface area contributed by atoms with Gasteiger partial charge in [0.2, 0.25) is 0 Å². The van der Waals surface area contributed by atoms with Gasteiger partial charge in [0.15, 0.2) is 0 Å². The Morgan fingerprint density at radius 3 is 2.12 bits per heavy atom. The fraction of sp³-hybridized carbons (Fsp3) is 0.455. The van der Waals surface area contributed by atoms with Gasteiger partial charge in [0.25, 0.3) is 0 Å². The van der Waals surface area contributed by atoms with Gasteiger partial charge in [0.1, 0.15) is 17.0 Å². The Labute approximate surface area is 184 Å². The van der Waals surface area contributed by atoms with Gasteiger partial charge in [-0.3, -0.25) is 0 Å². The maximum atomic E-state index is 13.2. The second-order valence-electron chi connectivity index (χ2n) is 9.13. The summed E-state index contributed by atoms with van der Waals surface area (Å²) in [5.41, 5.74) is -1.92. The van der Waals surface area contributed by atoms with Crippen LogP contribution in [-0.2, 0) is 25.2 Å². The molecule has 0 saturated heterocycles. The van der Waals surface area contributed by atoms with Crippen LogP contribution in [0.1, 0.15) is 48.8 Å². The number of aromatic nitrogens is 2. The number of benzene rings is 1. The van der Waals surface area contributed by atoms with E-state index in [1.54, 1.807) is 0 Å². The number of alkyl halides is 6. The second-order valence-corrected chi connectivity index (χ2v) is 10.2. The van der Waals surface area contributed by atoms with Crippen LogP contribution in [0.3, 0.4) is 0 Å². The van der Waals surface area contributed by atoms with Crippen molar-refractivity contribution in [3.63, 3.8) is 0 Å². The number of nitrogens with one attached hydrogen (secondary N) is 1. The summed E-state index contributed by atoms with van der Waals surface area (Å²) in [6, 6.07) is 1.44. The van der Waals surface area contributed by atoms with E-state index in [4.69, 9.17) is 0 Å². The van der Waals surface area contributed by atoms with E-state index in [-0.39, 0.29) is 23.0 Å². The van der Waals surface area contributed by atoms with Gasteiger partial charge >= 0.3 is 12.4 Å². The first-order valence-corrected chi connectivity index (χ1v) is 10.9. The van der Waals surface area contributed by atoms with Gasteiger partial charge in [0.05, 0.1) is 16.5 Å². The monoisotopic (exact) mass is 473 g/mol. The van der Waals surface area contributed by atoms with Crippen molar-refractivity contribution in [1.82, 2.24) is 9.97 Å². The van der Waals surface area contributed by atoms with E-state index >= 15 is 0 Å². The standard InChI is InChI=1S/C22H21F6N3S/c1-20(2,3)11-4-5-15-16(9-11)32-19-17(15)18(29-10-30-19)31-14-7-12(21(23,24)25)6-13(8-14)22(26,27)28/h6-8,10-11H,4-5,9H2,1-3H3,(H,29,30,31). The predicted octanol–water partition coefficient (Wildman–Crippen LogP) is 7.62. The third kappa shape index (κ3) is 4.42. The molecule has 1 N–H and O–H groups in total. The summed E-state index contributed by atoms with van der Waals surface area (Å²) >= 11 is 1.51. The number of halogens is 6. The fourth-order valence-corrected chi connectivity index (χ4v) is 5.38. The smallest absolute Gasteiger partial charge is 0.340 e. The minimum absolute atomic E-state index is 0.111. The van der Waals surface area contributed by atoms with Crippen LogP contribution in [0.25, 0.3) is 10.2 Å². The minimum Gasteiger partial charge on any atom is -0.340 e. The van der Waals surface area contributed by atoms with Crippen molar-refractivity contribution in [1.29, 1.82) is 0 Å². The van der Waals surface area contributed by atoms with Crippen LogP contribution in [0.4, 0.5) is 37.8 Å². The molecule has 172 valence electrons. The van der Waals surface area contributed by atoms with Crippen LogP contribution < -0.4 is 5.32 Å². The largest absolute Gasteiger partial charge is 0.416 e. The third-order valence-corrected chi connectivity index (χ3v) is 7.08. The summed E-state index contributed by atoms with van der Waals surface area (Å²) in [6.45, 7) is 6.57. The van der Waals surface area contributed by atoms with E-state index in [2.05, 4.69) is 36.1 Å². The first kappa shape index (κ1) is 22.8. The molecular weight excluding hydrogens is 452 g/mol. The van der Waals surface area contributed by atoms with Crippen LogP contribution in [0.2, 0.25) is 0 Å². The zero-order valence-electron chi connectivity index (χ0n) is 17.6. The van der Waals surface area contributed by atoms with E-state index in [1.165, 1.54) is 17.7 Å². The zero-order chi connectivity index (χ0) is 23.5. The molecule has 0 saturated carbocycles. The van der Waals surface area contributed by atoms with Crippen LogP contribution in [-0.4, -0.2) is 9.97 Å². The summed E-state index contributed by atoms with van der Waals surface area (Å²) in [6.07, 6.45) is -5.99. The average molecular weight is 473 g/mol. The van der Waals surface area contributed by atoms with E-state index in [0.717, 1.165) is 29.7 Å². The molecule has 0 amide bonds. The number of aryl methyl sites for hydroxylation is 1. The highest BCUT2D eigenvalue weighted by atomic mass is 32.1. The maximum absolute atomic E-state index is 13.2. The Morgan fingerprint density at radius 1 is 0.938 bits per heavy atom.